The summed E-state index contributed by atoms with van der Waals surface area (Å²) >= 11 is 0. The fourth-order valence-electron chi connectivity index (χ4n) is 5.68. The Morgan fingerprint density at radius 1 is 0.395 bits per heavy atom. The van der Waals surface area contributed by atoms with Gasteiger partial charge in [0.2, 0.25) is 0 Å². The normalized spacial score (nSPS) is 14.9. The van der Waals surface area contributed by atoms with Crippen LogP contribution in [-0.4, -0.2) is 0 Å². The molecule has 0 unspecified atom stereocenters. The van der Waals surface area contributed by atoms with Gasteiger partial charge in [0.25, 0.3) is 0 Å². The molecule has 1 aliphatic carbocycles. The molecule has 1 aliphatic rings. The summed E-state index contributed by atoms with van der Waals surface area (Å²) in [5.74, 6) is 0. The molecular formula is C31H18F12. The molecule has 12 heteroatoms. The topological polar surface area (TPSA) is 0 Å². The van der Waals surface area contributed by atoms with E-state index in [0.717, 1.165) is 0 Å². The van der Waals surface area contributed by atoms with Gasteiger partial charge >= 0.3 is 24.7 Å². The third-order valence-electron chi connectivity index (χ3n) is 7.49. The van der Waals surface area contributed by atoms with Gasteiger partial charge < -0.3 is 0 Å². The molecule has 0 nitrogen and oxygen atoms in total. The van der Waals surface area contributed by atoms with Crippen LogP contribution in [0, 0.1) is 13.8 Å². The maximum Gasteiger partial charge on any atom is 0.416 e. The van der Waals surface area contributed by atoms with Crippen LogP contribution in [0.1, 0.15) is 55.6 Å². The highest BCUT2D eigenvalue weighted by Crippen LogP contribution is 2.58. The fourth-order valence-corrected chi connectivity index (χ4v) is 5.68. The minimum atomic E-state index is -5.34. The van der Waals surface area contributed by atoms with Crippen molar-refractivity contribution < 1.29 is 52.7 Å². The maximum absolute atomic E-state index is 14.0. The van der Waals surface area contributed by atoms with Crippen molar-refractivity contribution in [3.8, 4) is 11.1 Å². The van der Waals surface area contributed by atoms with Crippen molar-refractivity contribution in [1.82, 2.24) is 0 Å². The molecule has 0 atom stereocenters. The van der Waals surface area contributed by atoms with Crippen LogP contribution < -0.4 is 0 Å². The molecular weight excluding hydrogens is 600 g/mol. The number of alkyl halides is 12. The summed E-state index contributed by atoms with van der Waals surface area (Å²) in [4.78, 5) is 0. The molecule has 0 spiro atoms. The Morgan fingerprint density at radius 2 is 0.674 bits per heavy atom. The molecule has 43 heavy (non-hydrogen) atoms. The summed E-state index contributed by atoms with van der Waals surface area (Å²) in [6, 6.07) is 9.93. The number of benzene rings is 4. The fraction of sp³-hybridized carbons (Fsp3) is 0.226. The molecule has 0 saturated heterocycles. The second-order valence-corrected chi connectivity index (χ2v) is 10.4. The number of hydrogen-bond acceptors (Lipinski definition) is 0. The summed E-state index contributed by atoms with van der Waals surface area (Å²) in [7, 11) is 0. The van der Waals surface area contributed by atoms with Gasteiger partial charge in [-0.1, -0.05) is 47.5 Å². The molecule has 0 fully saturated rings. The maximum atomic E-state index is 14.0. The zero-order valence-electron chi connectivity index (χ0n) is 22.0. The van der Waals surface area contributed by atoms with Gasteiger partial charge in [-0.15, -0.1) is 0 Å². The molecule has 0 amide bonds. The van der Waals surface area contributed by atoms with Crippen LogP contribution in [0.5, 0.6) is 0 Å². The molecule has 4 aromatic rings. The van der Waals surface area contributed by atoms with Gasteiger partial charge in [0.15, 0.2) is 0 Å². The van der Waals surface area contributed by atoms with Crippen LogP contribution in [-0.2, 0) is 30.1 Å². The zero-order chi connectivity index (χ0) is 31.9. The number of halogens is 12. The minimum Gasteiger partial charge on any atom is -0.166 e. The van der Waals surface area contributed by atoms with Crippen molar-refractivity contribution in [2.75, 3.05) is 0 Å². The highest BCUT2D eigenvalue weighted by molar-refractivity contribution is 5.87. The first-order chi connectivity index (χ1) is 19.6. The average Bonchev–Trinajstić information content (AvgIpc) is 3.15. The molecule has 0 saturated carbocycles. The van der Waals surface area contributed by atoms with E-state index in [4.69, 9.17) is 0 Å². The first-order valence-corrected chi connectivity index (χ1v) is 12.5. The molecule has 0 bridgehead atoms. The third-order valence-corrected chi connectivity index (χ3v) is 7.49. The van der Waals surface area contributed by atoms with E-state index in [1.54, 1.807) is 12.1 Å². The third kappa shape index (κ3) is 5.14. The van der Waals surface area contributed by atoms with Gasteiger partial charge in [-0.25, -0.2) is 0 Å². The largest absolute Gasteiger partial charge is 0.416 e. The second-order valence-electron chi connectivity index (χ2n) is 10.4. The first-order valence-electron chi connectivity index (χ1n) is 12.5. The lowest BCUT2D eigenvalue weighted by Gasteiger charge is -2.36. The van der Waals surface area contributed by atoms with Crippen molar-refractivity contribution in [3.63, 3.8) is 0 Å². The van der Waals surface area contributed by atoms with Crippen LogP contribution in [0.15, 0.2) is 72.8 Å². The predicted octanol–water partition coefficient (Wildman–Crippen LogP) is 10.7. The summed E-state index contributed by atoms with van der Waals surface area (Å²) in [6.45, 7) is 3.06. The highest BCUT2D eigenvalue weighted by Gasteiger charge is 2.50. The van der Waals surface area contributed by atoms with Crippen LogP contribution in [0.25, 0.3) is 11.1 Å². The lowest BCUT2D eigenvalue weighted by molar-refractivity contribution is -0.144. The number of rotatable bonds is 2. The van der Waals surface area contributed by atoms with Gasteiger partial charge in [0.05, 0.1) is 27.7 Å². The molecule has 4 aromatic carbocycles. The molecule has 0 aromatic heterocycles. The Morgan fingerprint density at radius 3 is 0.930 bits per heavy atom. The van der Waals surface area contributed by atoms with Gasteiger partial charge in [0, 0.05) is 0 Å². The molecule has 5 rings (SSSR count). The minimum absolute atomic E-state index is 0.0620. The van der Waals surface area contributed by atoms with Gasteiger partial charge in [-0.3, -0.25) is 0 Å². The van der Waals surface area contributed by atoms with Crippen LogP contribution >= 0.6 is 0 Å². The average molecular weight is 618 g/mol. The van der Waals surface area contributed by atoms with Crippen molar-refractivity contribution in [3.05, 3.63) is 128 Å². The summed E-state index contributed by atoms with van der Waals surface area (Å²) in [5, 5.41) is 0. The van der Waals surface area contributed by atoms with Gasteiger partial charge in [-0.05, 0) is 83.6 Å². The van der Waals surface area contributed by atoms with Crippen LogP contribution in [0.3, 0.4) is 0 Å². The van der Waals surface area contributed by atoms with Crippen molar-refractivity contribution in [2.45, 2.75) is 44.0 Å². The van der Waals surface area contributed by atoms with E-state index in [1.807, 2.05) is 0 Å². The lowest BCUT2D eigenvalue weighted by atomic mass is 9.66. The lowest BCUT2D eigenvalue weighted by Crippen LogP contribution is -2.31. The number of fused-ring (bicyclic) bond motifs is 3. The Balaban J connectivity index is 2.08. The van der Waals surface area contributed by atoms with Crippen LogP contribution in [0.4, 0.5) is 52.7 Å². The molecule has 0 aliphatic heterocycles. The SMILES string of the molecule is Cc1ccc2c(c1)C(c1cc(C(F)(F)F)cc(C(F)(F)F)c1)(c1cc(C(F)(F)F)cc(C(F)(F)F)c1)c1cc(C)ccc1-2. The predicted molar refractivity (Wildman–Crippen MR) is 133 cm³/mol. The van der Waals surface area contributed by atoms with Crippen molar-refractivity contribution >= 4 is 0 Å². The summed E-state index contributed by atoms with van der Waals surface area (Å²) in [6.07, 6.45) is -21.4. The standard InChI is InChI=1S/C31H18F12/c1-15-3-5-23-24-6-4-16(2)8-26(24)27(25(23)7-15,17-9-19(28(32,33)34)13-20(10-17)29(35,36)37)18-11-21(30(38,39)40)14-22(12-18)31(41,42)43/h3-14H,1-2H3. The zero-order valence-corrected chi connectivity index (χ0v) is 22.0. The van der Waals surface area contributed by atoms with E-state index in [1.165, 1.54) is 38.1 Å². The Hall–Kier alpha value is -3.96. The van der Waals surface area contributed by atoms with Crippen LogP contribution in [0.2, 0.25) is 0 Å². The van der Waals surface area contributed by atoms with E-state index < -0.39 is 63.5 Å². The molecule has 0 N–H and O–H groups in total. The Labute approximate surface area is 236 Å². The summed E-state index contributed by atoms with van der Waals surface area (Å²) < 4.78 is 169. The van der Waals surface area contributed by atoms with E-state index >= 15 is 0 Å². The Kier molecular flexibility index (Phi) is 6.75. The molecule has 0 radical (unpaired) electrons. The number of hydrogen-bond donors (Lipinski definition) is 0. The summed E-state index contributed by atoms with van der Waals surface area (Å²) in [5.41, 5.74) is -9.93. The van der Waals surface area contributed by atoms with E-state index in [-0.39, 0.29) is 34.4 Å². The monoisotopic (exact) mass is 618 g/mol. The first kappa shape index (κ1) is 30.5. The van der Waals surface area contributed by atoms with E-state index in [9.17, 15) is 52.7 Å². The molecule has 0 heterocycles. The van der Waals surface area contributed by atoms with Gasteiger partial charge in [-0.2, -0.15) is 52.7 Å². The Bertz CT molecular complexity index is 1540. The van der Waals surface area contributed by atoms with Crippen molar-refractivity contribution in [1.29, 1.82) is 0 Å². The smallest absolute Gasteiger partial charge is 0.166 e. The van der Waals surface area contributed by atoms with E-state index in [2.05, 4.69) is 0 Å². The van der Waals surface area contributed by atoms with E-state index in [0.29, 0.717) is 35.4 Å². The molecule has 226 valence electrons. The highest BCUT2D eigenvalue weighted by atomic mass is 19.4. The van der Waals surface area contributed by atoms with Crippen molar-refractivity contribution in [2.24, 2.45) is 0 Å². The second kappa shape index (κ2) is 9.52. The van der Waals surface area contributed by atoms with Gasteiger partial charge in [0.1, 0.15) is 0 Å². The quantitative estimate of drug-likeness (QED) is 0.173. The number of aryl methyl sites for hydroxylation is 2.